The minimum atomic E-state index is -0.269. The molecule has 2 heteroatoms. The third-order valence-electron chi connectivity index (χ3n) is 2.61. The predicted molar refractivity (Wildman–Crippen MR) is 66.9 cm³/mol. The van der Waals surface area contributed by atoms with Crippen LogP contribution in [0.2, 0.25) is 0 Å². The first-order valence-electron chi connectivity index (χ1n) is 6.05. The van der Waals surface area contributed by atoms with Crippen LogP contribution in [0.25, 0.3) is 0 Å². The summed E-state index contributed by atoms with van der Waals surface area (Å²) in [6.45, 7) is 6.80. The fourth-order valence-electron chi connectivity index (χ4n) is 1.87. The maximum atomic E-state index is 9.41. The summed E-state index contributed by atoms with van der Waals surface area (Å²) in [6.07, 6.45) is 1.51. The van der Waals surface area contributed by atoms with Gasteiger partial charge in [-0.1, -0.05) is 32.0 Å². The van der Waals surface area contributed by atoms with E-state index in [9.17, 15) is 5.11 Å². The SMILES string of the molecule is CCCOc1ccccc1C(C)CC(C)O. The van der Waals surface area contributed by atoms with Gasteiger partial charge in [-0.05, 0) is 37.3 Å². The third-order valence-corrected chi connectivity index (χ3v) is 2.61. The van der Waals surface area contributed by atoms with Crippen LogP contribution in [0.15, 0.2) is 24.3 Å². The van der Waals surface area contributed by atoms with Gasteiger partial charge in [0.25, 0.3) is 0 Å². The normalized spacial score (nSPS) is 14.5. The van der Waals surface area contributed by atoms with Gasteiger partial charge in [-0.25, -0.2) is 0 Å². The number of para-hydroxylation sites is 1. The van der Waals surface area contributed by atoms with Gasteiger partial charge < -0.3 is 9.84 Å². The van der Waals surface area contributed by atoms with E-state index >= 15 is 0 Å². The first-order valence-corrected chi connectivity index (χ1v) is 6.05. The molecule has 0 saturated heterocycles. The van der Waals surface area contributed by atoms with Gasteiger partial charge in [0, 0.05) is 0 Å². The zero-order valence-electron chi connectivity index (χ0n) is 10.4. The van der Waals surface area contributed by atoms with Crippen molar-refractivity contribution < 1.29 is 9.84 Å². The summed E-state index contributed by atoms with van der Waals surface area (Å²) in [7, 11) is 0. The maximum Gasteiger partial charge on any atom is 0.122 e. The summed E-state index contributed by atoms with van der Waals surface area (Å²) in [5.74, 6) is 1.28. The molecule has 0 heterocycles. The lowest BCUT2D eigenvalue weighted by molar-refractivity contribution is 0.176. The number of hydrogen-bond acceptors (Lipinski definition) is 2. The monoisotopic (exact) mass is 222 g/mol. The van der Waals surface area contributed by atoms with Crippen molar-refractivity contribution in [2.45, 2.75) is 45.6 Å². The molecule has 0 radical (unpaired) electrons. The van der Waals surface area contributed by atoms with Crippen LogP contribution in [0.4, 0.5) is 0 Å². The molecule has 2 nitrogen and oxygen atoms in total. The van der Waals surface area contributed by atoms with Crippen molar-refractivity contribution in [3.63, 3.8) is 0 Å². The number of rotatable bonds is 6. The second kappa shape index (κ2) is 6.54. The molecule has 0 aliphatic rings. The van der Waals surface area contributed by atoms with Crippen LogP contribution in [0.5, 0.6) is 5.75 Å². The molecule has 0 bridgehead atoms. The van der Waals surface area contributed by atoms with Crippen LogP contribution in [-0.4, -0.2) is 17.8 Å². The fraction of sp³-hybridized carbons (Fsp3) is 0.571. The lowest BCUT2D eigenvalue weighted by Gasteiger charge is -2.17. The second-order valence-electron chi connectivity index (χ2n) is 4.37. The van der Waals surface area contributed by atoms with Gasteiger partial charge in [-0.3, -0.25) is 0 Å². The Kier molecular flexibility index (Phi) is 5.33. The van der Waals surface area contributed by atoms with Crippen molar-refractivity contribution >= 4 is 0 Å². The van der Waals surface area contributed by atoms with Gasteiger partial charge >= 0.3 is 0 Å². The summed E-state index contributed by atoms with van der Waals surface area (Å²) >= 11 is 0. The standard InChI is InChI=1S/C14H22O2/c1-4-9-16-14-8-6-5-7-13(14)11(2)10-12(3)15/h5-8,11-12,15H,4,9-10H2,1-3H3. The number of hydrogen-bond donors (Lipinski definition) is 1. The molecule has 0 fully saturated rings. The highest BCUT2D eigenvalue weighted by Crippen LogP contribution is 2.29. The zero-order chi connectivity index (χ0) is 12.0. The molecule has 0 aliphatic heterocycles. The van der Waals surface area contributed by atoms with E-state index in [1.807, 2.05) is 25.1 Å². The molecule has 1 rings (SSSR count). The van der Waals surface area contributed by atoms with E-state index in [1.165, 1.54) is 5.56 Å². The highest BCUT2D eigenvalue weighted by Gasteiger charge is 2.13. The summed E-state index contributed by atoms with van der Waals surface area (Å²) in [6, 6.07) is 8.10. The quantitative estimate of drug-likeness (QED) is 0.799. The van der Waals surface area contributed by atoms with Crippen LogP contribution in [-0.2, 0) is 0 Å². The molecular weight excluding hydrogens is 200 g/mol. The molecular formula is C14H22O2. The van der Waals surface area contributed by atoms with Crippen molar-refractivity contribution in [1.29, 1.82) is 0 Å². The topological polar surface area (TPSA) is 29.5 Å². The average molecular weight is 222 g/mol. The Morgan fingerprint density at radius 3 is 2.56 bits per heavy atom. The van der Waals surface area contributed by atoms with E-state index < -0.39 is 0 Å². The van der Waals surface area contributed by atoms with Gasteiger partial charge in [-0.15, -0.1) is 0 Å². The van der Waals surface area contributed by atoms with E-state index in [4.69, 9.17) is 4.74 Å². The molecule has 0 amide bonds. The van der Waals surface area contributed by atoms with Crippen molar-refractivity contribution in [3.05, 3.63) is 29.8 Å². The molecule has 0 aliphatic carbocycles. The predicted octanol–water partition coefficient (Wildman–Crippen LogP) is 3.35. The highest BCUT2D eigenvalue weighted by molar-refractivity contribution is 5.35. The first kappa shape index (κ1) is 13.0. The van der Waals surface area contributed by atoms with E-state index in [0.717, 1.165) is 25.2 Å². The Balaban J connectivity index is 2.76. The summed E-state index contributed by atoms with van der Waals surface area (Å²) in [4.78, 5) is 0. The van der Waals surface area contributed by atoms with Crippen molar-refractivity contribution in [2.24, 2.45) is 0 Å². The maximum absolute atomic E-state index is 9.41. The van der Waals surface area contributed by atoms with Gasteiger partial charge in [0.15, 0.2) is 0 Å². The number of benzene rings is 1. The Hall–Kier alpha value is -1.02. The third kappa shape index (κ3) is 3.86. The lowest BCUT2D eigenvalue weighted by Crippen LogP contribution is -2.08. The fourth-order valence-corrected chi connectivity index (χ4v) is 1.87. The van der Waals surface area contributed by atoms with Gasteiger partial charge in [0.1, 0.15) is 5.75 Å². The minimum absolute atomic E-state index is 0.269. The largest absolute Gasteiger partial charge is 0.493 e. The molecule has 90 valence electrons. The van der Waals surface area contributed by atoms with Crippen LogP contribution in [0, 0.1) is 0 Å². The smallest absolute Gasteiger partial charge is 0.122 e. The Morgan fingerprint density at radius 1 is 1.25 bits per heavy atom. The Morgan fingerprint density at radius 2 is 1.94 bits per heavy atom. The van der Waals surface area contributed by atoms with E-state index in [0.29, 0.717) is 5.92 Å². The van der Waals surface area contributed by atoms with Crippen molar-refractivity contribution in [1.82, 2.24) is 0 Å². The lowest BCUT2D eigenvalue weighted by atomic mass is 9.95. The number of aliphatic hydroxyl groups excluding tert-OH is 1. The van der Waals surface area contributed by atoms with Gasteiger partial charge in [0.05, 0.1) is 12.7 Å². The van der Waals surface area contributed by atoms with E-state index in [-0.39, 0.29) is 6.10 Å². The highest BCUT2D eigenvalue weighted by atomic mass is 16.5. The molecule has 1 aromatic carbocycles. The van der Waals surface area contributed by atoms with Crippen LogP contribution in [0.1, 0.15) is 45.1 Å². The average Bonchev–Trinajstić information content (AvgIpc) is 2.25. The number of aliphatic hydroxyl groups is 1. The summed E-state index contributed by atoms with van der Waals surface area (Å²) in [5, 5.41) is 9.41. The molecule has 2 atom stereocenters. The van der Waals surface area contributed by atoms with Crippen molar-refractivity contribution in [3.8, 4) is 5.75 Å². The van der Waals surface area contributed by atoms with Crippen LogP contribution < -0.4 is 4.74 Å². The Bertz CT molecular complexity index is 307. The minimum Gasteiger partial charge on any atom is -0.493 e. The number of ether oxygens (including phenoxy) is 1. The van der Waals surface area contributed by atoms with Crippen LogP contribution in [0.3, 0.4) is 0 Å². The molecule has 0 spiro atoms. The molecule has 2 unspecified atom stereocenters. The van der Waals surface area contributed by atoms with Crippen LogP contribution >= 0.6 is 0 Å². The van der Waals surface area contributed by atoms with Crippen molar-refractivity contribution in [2.75, 3.05) is 6.61 Å². The second-order valence-corrected chi connectivity index (χ2v) is 4.37. The summed E-state index contributed by atoms with van der Waals surface area (Å²) in [5.41, 5.74) is 1.19. The molecule has 1 N–H and O–H groups in total. The van der Waals surface area contributed by atoms with Gasteiger partial charge in [0.2, 0.25) is 0 Å². The Labute approximate surface area is 98.3 Å². The van der Waals surface area contributed by atoms with Gasteiger partial charge in [-0.2, -0.15) is 0 Å². The first-order chi connectivity index (χ1) is 7.65. The van der Waals surface area contributed by atoms with E-state index in [1.54, 1.807) is 0 Å². The molecule has 0 aromatic heterocycles. The zero-order valence-corrected chi connectivity index (χ0v) is 10.4. The summed E-state index contributed by atoms with van der Waals surface area (Å²) < 4.78 is 5.71. The molecule has 16 heavy (non-hydrogen) atoms. The molecule has 0 saturated carbocycles. The molecule has 1 aromatic rings. The van der Waals surface area contributed by atoms with E-state index in [2.05, 4.69) is 19.9 Å².